The molecule has 1 atom stereocenters. The van der Waals surface area contributed by atoms with Crippen LogP contribution in [-0.4, -0.2) is 35.8 Å². The van der Waals surface area contributed by atoms with Crippen LogP contribution in [0.5, 0.6) is 0 Å². The fourth-order valence-corrected chi connectivity index (χ4v) is 4.18. The summed E-state index contributed by atoms with van der Waals surface area (Å²) in [6.45, 7) is 1.81. The van der Waals surface area contributed by atoms with Crippen molar-refractivity contribution in [2.75, 3.05) is 0 Å². The minimum Gasteiger partial charge on any atom is -0.481 e. The predicted octanol–water partition coefficient (Wildman–Crippen LogP) is 3.88. The van der Waals surface area contributed by atoms with Crippen LogP contribution in [0, 0.1) is 6.92 Å². The van der Waals surface area contributed by atoms with Crippen LogP contribution in [0.4, 0.5) is 0 Å². The van der Waals surface area contributed by atoms with Gasteiger partial charge in [0.15, 0.2) is 0 Å². The monoisotopic (exact) mass is 419 g/mol. The van der Waals surface area contributed by atoms with Crippen molar-refractivity contribution in [3.05, 3.63) is 70.8 Å². The van der Waals surface area contributed by atoms with Gasteiger partial charge in [0.1, 0.15) is 5.82 Å². The fourth-order valence-electron chi connectivity index (χ4n) is 4.18. The highest BCUT2D eigenvalue weighted by Gasteiger charge is 2.19. The number of carboxylic acid groups (broad SMARTS) is 1. The van der Waals surface area contributed by atoms with Crippen LogP contribution in [0.3, 0.4) is 0 Å². The predicted molar refractivity (Wildman–Crippen MR) is 117 cm³/mol. The van der Waals surface area contributed by atoms with Crippen molar-refractivity contribution in [2.24, 2.45) is 0 Å². The first-order chi connectivity index (χ1) is 15.1. The van der Waals surface area contributed by atoms with E-state index in [1.165, 1.54) is 30.5 Å². The lowest BCUT2D eigenvalue weighted by Crippen LogP contribution is -2.16. The van der Waals surface area contributed by atoms with E-state index in [0.717, 1.165) is 49.1 Å². The van der Waals surface area contributed by atoms with Gasteiger partial charge in [-0.25, -0.2) is 9.97 Å². The topological polar surface area (TPSA) is 93.8 Å². The van der Waals surface area contributed by atoms with E-state index in [0.29, 0.717) is 5.82 Å². The molecule has 1 aliphatic rings. The van der Waals surface area contributed by atoms with E-state index in [1.54, 1.807) is 24.0 Å². The molecule has 1 aliphatic carbocycles. The van der Waals surface area contributed by atoms with Crippen LogP contribution in [0.2, 0.25) is 0 Å². The normalized spacial score (nSPS) is 14.6. The lowest BCUT2D eigenvalue weighted by molar-refractivity contribution is -0.137. The van der Waals surface area contributed by atoms with Crippen LogP contribution < -0.4 is 0 Å². The van der Waals surface area contributed by atoms with Crippen LogP contribution in [0.15, 0.2) is 36.8 Å². The van der Waals surface area contributed by atoms with Gasteiger partial charge >= 0.3 is 5.97 Å². The fraction of sp³-hybridized carbons (Fsp3) is 0.458. The van der Waals surface area contributed by atoms with E-state index in [1.807, 2.05) is 12.3 Å². The van der Waals surface area contributed by atoms with Crippen LogP contribution >= 0.6 is 0 Å². The van der Waals surface area contributed by atoms with Crippen molar-refractivity contribution in [3.8, 4) is 0 Å². The SMILES string of the molecule is Cc1ncc(C(CC(=O)O)n2ccc(CCCc3ccc4c(n3)CCCCC4)n2)cn1. The van der Waals surface area contributed by atoms with E-state index in [-0.39, 0.29) is 6.42 Å². The number of hydrogen-bond donors (Lipinski definition) is 1. The van der Waals surface area contributed by atoms with Gasteiger partial charge in [-0.3, -0.25) is 14.5 Å². The molecule has 0 bridgehead atoms. The van der Waals surface area contributed by atoms with Gasteiger partial charge in [0.2, 0.25) is 0 Å². The first kappa shape index (κ1) is 21.2. The van der Waals surface area contributed by atoms with Gasteiger partial charge in [0.05, 0.1) is 18.2 Å². The summed E-state index contributed by atoms with van der Waals surface area (Å²) in [6, 6.07) is 5.98. The Hall–Kier alpha value is -3.09. The highest BCUT2D eigenvalue weighted by Crippen LogP contribution is 2.22. The molecule has 7 heteroatoms. The highest BCUT2D eigenvalue weighted by molar-refractivity contribution is 5.68. The summed E-state index contributed by atoms with van der Waals surface area (Å²) in [5, 5.41) is 14.0. The van der Waals surface area contributed by atoms with E-state index >= 15 is 0 Å². The molecular weight excluding hydrogens is 390 g/mol. The molecule has 7 nitrogen and oxygen atoms in total. The third kappa shape index (κ3) is 5.54. The van der Waals surface area contributed by atoms with Crippen molar-refractivity contribution >= 4 is 5.97 Å². The van der Waals surface area contributed by atoms with Gasteiger partial charge in [0.25, 0.3) is 0 Å². The molecule has 0 radical (unpaired) electrons. The van der Waals surface area contributed by atoms with Crippen molar-refractivity contribution in [1.29, 1.82) is 0 Å². The Labute approximate surface area is 182 Å². The van der Waals surface area contributed by atoms with E-state index in [2.05, 4.69) is 27.2 Å². The first-order valence-corrected chi connectivity index (χ1v) is 11.1. The molecule has 0 saturated carbocycles. The molecule has 162 valence electrons. The van der Waals surface area contributed by atoms with E-state index < -0.39 is 12.0 Å². The zero-order chi connectivity index (χ0) is 21.6. The third-order valence-corrected chi connectivity index (χ3v) is 5.89. The third-order valence-electron chi connectivity index (χ3n) is 5.89. The summed E-state index contributed by atoms with van der Waals surface area (Å²) in [5.74, 6) is -0.220. The minimum absolute atomic E-state index is 0.0629. The maximum Gasteiger partial charge on any atom is 0.305 e. The number of hydrogen-bond acceptors (Lipinski definition) is 5. The summed E-state index contributed by atoms with van der Waals surface area (Å²) in [4.78, 5) is 24.7. The average molecular weight is 420 g/mol. The van der Waals surface area contributed by atoms with Crippen molar-refractivity contribution in [3.63, 3.8) is 0 Å². The Bertz CT molecular complexity index is 1030. The number of nitrogens with zero attached hydrogens (tertiary/aromatic N) is 5. The minimum atomic E-state index is -0.878. The molecule has 0 amide bonds. The molecule has 31 heavy (non-hydrogen) atoms. The molecule has 0 saturated heterocycles. The van der Waals surface area contributed by atoms with E-state index in [4.69, 9.17) is 4.98 Å². The number of rotatable bonds is 8. The second-order valence-corrected chi connectivity index (χ2v) is 8.29. The van der Waals surface area contributed by atoms with Crippen LogP contribution in [0.25, 0.3) is 0 Å². The molecule has 0 spiro atoms. The van der Waals surface area contributed by atoms with Crippen LogP contribution in [0.1, 0.15) is 72.2 Å². The summed E-state index contributed by atoms with van der Waals surface area (Å²) in [7, 11) is 0. The lowest BCUT2D eigenvalue weighted by atomic mass is 10.1. The van der Waals surface area contributed by atoms with Gasteiger partial charge < -0.3 is 5.11 Å². The molecule has 0 aliphatic heterocycles. The van der Waals surface area contributed by atoms with Gasteiger partial charge in [-0.2, -0.15) is 5.10 Å². The second-order valence-electron chi connectivity index (χ2n) is 8.29. The maximum atomic E-state index is 11.4. The molecule has 3 aromatic heterocycles. The number of fused-ring (bicyclic) bond motifs is 1. The number of carbonyl (C=O) groups is 1. The molecule has 1 N–H and O–H groups in total. The molecule has 3 aromatic rings. The average Bonchev–Trinajstić information content (AvgIpc) is 3.09. The zero-order valence-corrected chi connectivity index (χ0v) is 18.0. The Kier molecular flexibility index (Phi) is 6.70. The Balaban J connectivity index is 1.39. The number of aliphatic carboxylic acids is 1. The van der Waals surface area contributed by atoms with Gasteiger partial charge in [-0.1, -0.05) is 12.5 Å². The summed E-state index contributed by atoms with van der Waals surface area (Å²) >= 11 is 0. The molecule has 0 aromatic carbocycles. The Morgan fingerprint density at radius 1 is 1.06 bits per heavy atom. The molecular formula is C24H29N5O2. The summed E-state index contributed by atoms with van der Waals surface area (Å²) in [5.41, 5.74) is 5.57. The molecule has 1 unspecified atom stereocenters. The zero-order valence-electron chi connectivity index (χ0n) is 18.0. The molecule has 3 heterocycles. The van der Waals surface area contributed by atoms with E-state index in [9.17, 15) is 9.90 Å². The Morgan fingerprint density at radius 3 is 2.65 bits per heavy atom. The number of pyridine rings is 1. The van der Waals surface area contributed by atoms with Gasteiger partial charge in [-0.05, 0) is 69.6 Å². The Morgan fingerprint density at radius 2 is 1.84 bits per heavy atom. The van der Waals surface area contributed by atoms with Crippen molar-refractivity contribution < 1.29 is 9.90 Å². The largest absolute Gasteiger partial charge is 0.481 e. The highest BCUT2D eigenvalue weighted by atomic mass is 16.4. The molecule has 0 fully saturated rings. The first-order valence-electron chi connectivity index (χ1n) is 11.1. The van der Waals surface area contributed by atoms with Crippen molar-refractivity contribution in [2.45, 2.75) is 70.8 Å². The summed E-state index contributed by atoms with van der Waals surface area (Å²) in [6.07, 6.45) is 13.9. The summed E-state index contributed by atoms with van der Waals surface area (Å²) < 4.78 is 1.72. The second kappa shape index (κ2) is 9.81. The standard InChI is InChI=1S/C24H29N5O2/c1-17-25-15-19(16-26-17)23(14-24(30)31)29-13-12-21(28-29)8-5-7-20-11-10-18-6-3-2-4-9-22(18)27-20/h10-13,15-16,23H,2-9,14H2,1H3,(H,30,31). The molecule has 4 rings (SSSR count). The number of aryl methyl sites for hydroxylation is 5. The number of carboxylic acids is 1. The number of aromatic nitrogens is 5. The van der Waals surface area contributed by atoms with Gasteiger partial charge in [-0.15, -0.1) is 0 Å². The maximum absolute atomic E-state index is 11.4. The van der Waals surface area contributed by atoms with Crippen LogP contribution in [-0.2, 0) is 30.5 Å². The quantitative estimate of drug-likeness (QED) is 0.557. The van der Waals surface area contributed by atoms with Gasteiger partial charge in [0, 0.05) is 35.5 Å². The smallest absolute Gasteiger partial charge is 0.305 e. The van der Waals surface area contributed by atoms with Crippen molar-refractivity contribution in [1.82, 2.24) is 24.7 Å². The lowest BCUT2D eigenvalue weighted by Gasteiger charge is -2.15.